The number of ether oxygens (including phenoxy) is 1. The van der Waals surface area contributed by atoms with E-state index in [9.17, 15) is 4.79 Å². The van der Waals surface area contributed by atoms with Crippen LogP contribution in [-0.2, 0) is 4.74 Å². The van der Waals surface area contributed by atoms with E-state index in [1.165, 1.54) is 26.1 Å². The minimum Gasteiger partial charge on any atom is -0.465 e. The zero-order valence-corrected chi connectivity index (χ0v) is 11.4. The minimum atomic E-state index is -0.412. The third-order valence-corrected chi connectivity index (χ3v) is 3.49. The summed E-state index contributed by atoms with van der Waals surface area (Å²) in [4.78, 5) is 22.0. The van der Waals surface area contributed by atoms with Gasteiger partial charge in [0.15, 0.2) is 0 Å². The maximum atomic E-state index is 11.6. The number of anilines is 1. The summed E-state index contributed by atoms with van der Waals surface area (Å²) in [5, 5.41) is 3.24. The normalized spacial score (nSPS) is 19.4. The fourth-order valence-electron chi connectivity index (χ4n) is 2.34. The van der Waals surface area contributed by atoms with Crippen molar-refractivity contribution >= 4 is 11.8 Å². The Bertz CT molecular complexity index is 438. The summed E-state index contributed by atoms with van der Waals surface area (Å²) >= 11 is 0. The van der Waals surface area contributed by atoms with Crippen LogP contribution in [0.15, 0.2) is 12.5 Å². The van der Waals surface area contributed by atoms with E-state index >= 15 is 0 Å². The van der Waals surface area contributed by atoms with Gasteiger partial charge in [-0.3, -0.25) is 0 Å². The highest BCUT2D eigenvalue weighted by Gasteiger charge is 2.21. The van der Waals surface area contributed by atoms with Crippen molar-refractivity contribution in [1.82, 2.24) is 14.9 Å². The summed E-state index contributed by atoms with van der Waals surface area (Å²) in [6.07, 6.45) is 4.09. The van der Waals surface area contributed by atoms with Crippen LogP contribution in [-0.4, -0.2) is 54.1 Å². The maximum Gasteiger partial charge on any atom is 0.343 e. The molecule has 0 saturated carbocycles. The summed E-state index contributed by atoms with van der Waals surface area (Å²) in [5.41, 5.74) is 0.385. The van der Waals surface area contributed by atoms with Crippen LogP contribution >= 0.6 is 0 Å². The molecule has 1 atom stereocenters. The molecule has 0 amide bonds. The Kier molecular flexibility index (Phi) is 4.68. The zero-order valence-electron chi connectivity index (χ0n) is 11.4. The van der Waals surface area contributed by atoms with Gasteiger partial charge in [0, 0.05) is 19.3 Å². The van der Waals surface area contributed by atoms with Crippen molar-refractivity contribution in [2.75, 3.05) is 38.6 Å². The van der Waals surface area contributed by atoms with Gasteiger partial charge in [0.05, 0.1) is 7.11 Å². The highest BCUT2D eigenvalue weighted by molar-refractivity contribution is 5.94. The molecule has 0 radical (unpaired) electrons. The highest BCUT2D eigenvalue weighted by Crippen LogP contribution is 2.17. The van der Waals surface area contributed by atoms with Crippen LogP contribution in [0.3, 0.4) is 0 Å². The van der Waals surface area contributed by atoms with Gasteiger partial charge < -0.3 is 15.0 Å². The van der Waals surface area contributed by atoms with Gasteiger partial charge in [0.1, 0.15) is 17.7 Å². The van der Waals surface area contributed by atoms with Gasteiger partial charge in [-0.05, 0) is 25.4 Å². The predicted molar refractivity (Wildman–Crippen MR) is 72.1 cm³/mol. The second kappa shape index (κ2) is 6.47. The SMILES string of the molecule is CCN1CCC(CNc2ncncc2C(=O)OC)C1. The molecule has 1 saturated heterocycles. The molecule has 1 aliphatic heterocycles. The summed E-state index contributed by atoms with van der Waals surface area (Å²) in [6, 6.07) is 0. The van der Waals surface area contributed by atoms with E-state index in [1.807, 2.05) is 0 Å². The Morgan fingerprint density at radius 2 is 2.47 bits per heavy atom. The summed E-state index contributed by atoms with van der Waals surface area (Å²) in [6.45, 7) is 6.34. The third kappa shape index (κ3) is 3.41. The van der Waals surface area contributed by atoms with Crippen LogP contribution in [0.1, 0.15) is 23.7 Å². The van der Waals surface area contributed by atoms with Crippen LogP contribution in [0, 0.1) is 5.92 Å². The minimum absolute atomic E-state index is 0.385. The number of nitrogens with one attached hydrogen (secondary N) is 1. The lowest BCUT2D eigenvalue weighted by atomic mass is 10.1. The van der Waals surface area contributed by atoms with Gasteiger partial charge in [0.25, 0.3) is 0 Å². The van der Waals surface area contributed by atoms with Gasteiger partial charge in [-0.25, -0.2) is 14.8 Å². The molecule has 1 aromatic rings. The molecule has 0 aromatic carbocycles. The van der Waals surface area contributed by atoms with E-state index in [-0.39, 0.29) is 0 Å². The Hall–Kier alpha value is -1.69. The summed E-state index contributed by atoms with van der Waals surface area (Å²) < 4.78 is 4.72. The predicted octanol–water partition coefficient (Wildman–Crippen LogP) is 1.02. The zero-order chi connectivity index (χ0) is 13.7. The van der Waals surface area contributed by atoms with Gasteiger partial charge in [-0.1, -0.05) is 6.92 Å². The number of esters is 1. The number of nitrogens with zero attached hydrogens (tertiary/aromatic N) is 3. The third-order valence-electron chi connectivity index (χ3n) is 3.49. The number of hydrogen-bond acceptors (Lipinski definition) is 6. The Morgan fingerprint density at radius 3 is 3.16 bits per heavy atom. The molecule has 1 unspecified atom stereocenters. The quantitative estimate of drug-likeness (QED) is 0.801. The largest absolute Gasteiger partial charge is 0.465 e. The van der Waals surface area contributed by atoms with E-state index in [4.69, 9.17) is 4.74 Å². The van der Waals surface area contributed by atoms with Crippen LogP contribution in [0.5, 0.6) is 0 Å². The lowest BCUT2D eigenvalue weighted by molar-refractivity contribution is 0.0601. The molecule has 6 nitrogen and oxygen atoms in total. The Morgan fingerprint density at radius 1 is 1.63 bits per heavy atom. The number of carbonyl (C=O) groups is 1. The van der Waals surface area contributed by atoms with E-state index in [0.717, 1.165) is 26.2 Å². The molecular weight excluding hydrogens is 244 g/mol. The molecule has 1 aromatic heterocycles. The first kappa shape index (κ1) is 13.7. The van der Waals surface area contributed by atoms with E-state index < -0.39 is 5.97 Å². The number of aromatic nitrogens is 2. The molecular formula is C13H20N4O2. The molecule has 19 heavy (non-hydrogen) atoms. The van der Waals surface area contributed by atoms with Crippen LogP contribution < -0.4 is 5.32 Å². The molecule has 0 bridgehead atoms. The number of carbonyl (C=O) groups excluding carboxylic acids is 1. The lowest BCUT2D eigenvalue weighted by Gasteiger charge is -2.14. The first-order valence-corrected chi connectivity index (χ1v) is 6.59. The fourth-order valence-corrected chi connectivity index (χ4v) is 2.34. The van der Waals surface area contributed by atoms with E-state index in [1.54, 1.807) is 0 Å². The van der Waals surface area contributed by atoms with Crippen molar-refractivity contribution in [3.05, 3.63) is 18.1 Å². The Labute approximate surface area is 113 Å². The smallest absolute Gasteiger partial charge is 0.343 e. The summed E-state index contributed by atoms with van der Waals surface area (Å²) in [7, 11) is 1.36. The first-order valence-electron chi connectivity index (χ1n) is 6.59. The van der Waals surface area contributed by atoms with Crippen molar-refractivity contribution in [2.45, 2.75) is 13.3 Å². The van der Waals surface area contributed by atoms with Crippen molar-refractivity contribution in [3.63, 3.8) is 0 Å². The van der Waals surface area contributed by atoms with Crippen LogP contribution in [0.25, 0.3) is 0 Å². The second-order valence-corrected chi connectivity index (χ2v) is 4.71. The molecule has 2 rings (SSSR count). The standard InChI is InChI=1S/C13H20N4O2/c1-3-17-5-4-10(8-17)6-15-12-11(13(18)19-2)7-14-9-16-12/h7,9-10H,3-6,8H2,1-2H3,(H,14,15,16). The summed E-state index contributed by atoms with van der Waals surface area (Å²) in [5.74, 6) is 0.738. The molecule has 1 fully saturated rings. The second-order valence-electron chi connectivity index (χ2n) is 4.71. The van der Waals surface area contributed by atoms with Crippen molar-refractivity contribution in [3.8, 4) is 0 Å². The molecule has 1 N–H and O–H groups in total. The first-order chi connectivity index (χ1) is 9.24. The average Bonchev–Trinajstić information content (AvgIpc) is 2.92. The monoisotopic (exact) mass is 264 g/mol. The van der Waals surface area contributed by atoms with Crippen LogP contribution in [0.2, 0.25) is 0 Å². The molecule has 1 aliphatic rings. The van der Waals surface area contributed by atoms with Gasteiger partial charge >= 0.3 is 5.97 Å². The topological polar surface area (TPSA) is 67.3 Å². The van der Waals surface area contributed by atoms with Gasteiger partial charge in [-0.2, -0.15) is 0 Å². The van der Waals surface area contributed by atoms with Gasteiger partial charge in [0.2, 0.25) is 0 Å². The molecule has 6 heteroatoms. The highest BCUT2D eigenvalue weighted by atomic mass is 16.5. The Balaban J connectivity index is 1.94. The van der Waals surface area contributed by atoms with E-state index in [0.29, 0.717) is 17.3 Å². The number of rotatable bonds is 5. The van der Waals surface area contributed by atoms with Crippen molar-refractivity contribution in [2.24, 2.45) is 5.92 Å². The van der Waals surface area contributed by atoms with E-state index in [2.05, 4.69) is 27.1 Å². The maximum absolute atomic E-state index is 11.6. The number of likely N-dealkylation sites (tertiary alicyclic amines) is 1. The number of hydrogen-bond donors (Lipinski definition) is 1. The number of methoxy groups -OCH3 is 1. The lowest BCUT2D eigenvalue weighted by Crippen LogP contribution is -2.23. The molecule has 2 heterocycles. The van der Waals surface area contributed by atoms with Crippen LogP contribution in [0.4, 0.5) is 5.82 Å². The van der Waals surface area contributed by atoms with Gasteiger partial charge in [-0.15, -0.1) is 0 Å². The van der Waals surface area contributed by atoms with Crippen molar-refractivity contribution in [1.29, 1.82) is 0 Å². The fraction of sp³-hybridized carbons (Fsp3) is 0.615. The molecule has 0 aliphatic carbocycles. The molecule has 0 spiro atoms. The average molecular weight is 264 g/mol. The molecule has 104 valence electrons. The van der Waals surface area contributed by atoms with Crippen molar-refractivity contribution < 1.29 is 9.53 Å².